The average molecular weight is 201 g/mol. The van der Waals surface area contributed by atoms with Gasteiger partial charge in [-0.25, -0.2) is 0 Å². The summed E-state index contributed by atoms with van der Waals surface area (Å²) in [6.07, 6.45) is 1.24. The van der Waals surface area contributed by atoms with Crippen molar-refractivity contribution < 1.29 is 4.79 Å². The topological polar surface area (TPSA) is 56.5 Å². The highest BCUT2D eigenvalue weighted by molar-refractivity contribution is 6.22. The minimum absolute atomic E-state index is 0.0400. The first-order valence-electron chi connectivity index (χ1n) is 4.67. The van der Waals surface area contributed by atoms with Crippen LogP contribution >= 0.6 is 0 Å². The van der Waals surface area contributed by atoms with E-state index in [2.05, 4.69) is 4.99 Å². The zero-order valence-corrected chi connectivity index (χ0v) is 8.40. The number of hydrogen-bond acceptors (Lipinski definition) is 3. The van der Waals surface area contributed by atoms with Crippen LogP contribution in [-0.4, -0.2) is 24.5 Å². The van der Waals surface area contributed by atoms with E-state index in [0.29, 0.717) is 5.84 Å². The molecule has 1 aromatic carbocycles. The maximum absolute atomic E-state index is 11.6. The van der Waals surface area contributed by atoms with Crippen molar-refractivity contribution in [2.24, 2.45) is 4.99 Å². The number of amidine groups is 1. The van der Waals surface area contributed by atoms with Gasteiger partial charge >= 0.3 is 0 Å². The number of aliphatic imine (C=N–C) groups is 1. The zero-order chi connectivity index (χ0) is 10.8. The first kappa shape index (κ1) is 9.58. The van der Waals surface area contributed by atoms with Gasteiger partial charge in [-0.3, -0.25) is 14.7 Å². The molecule has 0 radical (unpaired) electrons. The Balaban J connectivity index is 2.49. The summed E-state index contributed by atoms with van der Waals surface area (Å²) in [5.41, 5.74) is 1.46. The lowest BCUT2D eigenvalue weighted by atomic mass is 10.1. The molecule has 0 aromatic heterocycles. The van der Waals surface area contributed by atoms with Gasteiger partial charge in [-0.2, -0.15) is 0 Å². The fourth-order valence-electron chi connectivity index (χ4n) is 1.63. The third-order valence-electron chi connectivity index (χ3n) is 2.35. The summed E-state index contributed by atoms with van der Waals surface area (Å²) in [5.74, 6) is 0.649. The molecule has 76 valence electrons. The third kappa shape index (κ3) is 1.54. The van der Waals surface area contributed by atoms with Crippen LogP contribution in [0.4, 0.5) is 5.69 Å². The molecule has 1 heterocycles. The van der Waals surface area contributed by atoms with E-state index in [1.807, 2.05) is 18.2 Å². The van der Waals surface area contributed by atoms with Gasteiger partial charge in [0.05, 0.1) is 5.69 Å². The Bertz CT molecular complexity index is 451. The van der Waals surface area contributed by atoms with Gasteiger partial charge in [-0.05, 0) is 13.0 Å². The Morgan fingerprint density at radius 2 is 2.20 bits per heavy atom. The number of rotatable bonds is 2. The van der Waals surface area contributed by atoms with Crippen LogP contribution in [0.2, 0.25) is 0 Å². The second-order valence-corrected chi connectivity index (χ2v) is 3.30. The van der Waals surface area contributed by atoms with Gasteiger partial charge in [0.2, 0.25) is 0 Å². The lowest BCUT2D eigenvalue weighted by Crippen LogP contribution is -2.31. The Hall–Kier alpha value is -1.97. The van der Waals surface area contributed by atoms with Crippen LogP contribution in [0, 0.1) is 5.41 Å². The van der Waals surface area contributed by atoms with Gasteiger partial charge in [0.25, 0.3) is 5.91 Å². The highest BCUT2D eigenvalue weighted by Gasteiger charge is 2.24. The molecule has 1 aromatic rings. The van der Waals surface area contributed by atoms with Crippen molar-refractivity contribution in [3.8, 4) is 0 Å². The van der Waals surface area contributed by atoms with E-state index in [0.717, 1.165) is 11.3 Å². The number of carbonyl (C=O) groups is 1. The number of carbonyl (C=O) groups excluding carboxylic acids is 1. The molecule has 4 heteroatoms. The van der Waals surface area contributed by atoms with Gasteiger partial charge in [0.15, 0.2) is 0 Å². The summed E-state index contributed by atoms with van der Waals surface area (Å²) in [6, 6.07) is 7.32. The van der Waals surface area contributed by atoms with Crippen molar-refractivity contribution in [2.45, 2.75) is 6.92 Å². The molecular weight excluding hydrogens is 190 g/mol. The lowest BCUT2D eigenvalue weighted by molar-refractivity contribution is -0.115. The van der Waals surface area contributed by atoms with E-state index in [9.17, 15) is 4.79 Å². The largest absolute Gasteiger partial charge is 0.308 e. The van der Waals surface area contributed by atoms with Crippen LogP contribution in [0.25, 0.3) is 0 Å². The fourth-order valence-corrected chi connectivity index (χ4v) is 1.63. The molecule has 0 unspecified atom stereocenters. The van der Waals surface area contributed by atoms with Crippen molar-refractivity contribution in [1.82, 2.24) is 0 Å². The van der Waals surface area contributed by atoms with Crippen molar-refractivity contribution in [3.05, 3.63) is 29.8 Å². The van der Waals surface area contributed by atoms with Crippen molar-refractivity contribution in [2.75, 3.05) is 11.4 Å². The van der Waals surface area contributed by atoms with E-state index in [1.165, 1.54) is 6.21 Å². The number of benzene rings is 1. The quantitative estimate of drug-likeness (QED) is 0.723. The van der Waals surface area contributed by atoms with Crippen LogP contribution in [-0.2, 0) is 4.79 Å². The van der Waals surface area contributed by atoms with Crippen LogP contribution in [0.1, 0.15) is 12.5 Å². The summed E-state index contributed by atoms with van der Waals surface area (Å²) < 4.78 is 0. The van der Waals surface area contributed by atoms with Gasteiger partial charge < -0.3 is 5.41 Å². The lowest BCUT2D eigenvalue weighted by Gasteiger charge is -2.18. The molecule has 2 rings (SSSR count). The molecule has 0 saturated carbocycles. The second-order valence-electron chi connectivity index (χ2n) is 3.30. The van der Waals surface area contributed by atoms with E-state index in [1.54, 1.807) is 17.9 Å². The van der Waals surface area contributed by atoms with E-state index < -0.39 is 0 Å². The molecule has 15 heavy (non-hydrogen) atoms. The molecule has 0 fully saturated rings. The molecule has 0 aliphatic carbocycles. The molecule has 1 amide bonds. The summed E-state index contributed by atoms with van der Waals surface area (Å²) >= 11 is 0. The van der Waals surface area contributed by atoms with Crippen LogP contribution in [0.3, 0.4) is 0 Å². The minimum atomic E-state index is -0.0400. The van der Waals surface area contributed by atoms with E-state index >= 15 is 0 Å². The van der Waals surface area contributed by atoms with Crippen LogP contribution in [0.5, 0.6) is 0 Å². The summed E-state index contributed by atoms with van der Waals surface area (Å²) in [5, 5.41) is 7.28. The first-order chi connectivity index (χ1) is 7.24. The van der Waals surface area contributed by atoms with Crippen molar-refractivity contribution >= 4 is 23.6 Å². The predicted molar refractivity (Wildman–Crippen MR) is 59.8 cm³/mol. The summed E-state index contributed by atoms with van der Waals surface area (Å²) in [6.45, 7) is 2.00. The van der Waals surface area contributed by atoms with Crippen LogP contribution < -0.4 is 4.90 Å². The molecular formula is C11H11N3O. The Morgan fingerprint density at radius 3 is 2.80 bits per heavy atom. The smallest absolute Gasteiger partial charge is 0.254 e. The Kier molecular flexibility index (Phi) is 2.33. The monoisotopic (exact) mass is 201 g/mol. The standard InChI is InChI=1S/C11H11N3O/c1-8-13-7-11(15)14(8)10-5-3-2-4-9(10)6-12/h2-6,12H,7H2,1H3. The number of nitrogens with zero attached hydrogens (tertiary/aromatic N) is 2. The Labute approximate surface area is 87.8 Å². The number of nitrogens with one attached hydrogen (secondary N) is 1. The van der Waals surface area contributed by atoms with Gasteiger partial charge in [-0.1, -0.05) is 18.2 Å². The number of anilines is 1. The molecule has 0 saturated heterocycles. The normalized spacial score (nSPS) is 15.4. The number of para-hydroxylation sites is 1. The maximum atomic E-state index is 11.6. The predicted octanol–water partition coefficient (Wildman–Crippen LogP) is 1.45. The zero-order valence-electron chi connectivity index (χ0n) is 8.40. The highest BCUT2D eigenvalue weighted by Crippen LogP contribution is 2.21. The number of amides is 1. The number of hydrogen-bond donors (Lipinski definition) is 1. The maximum Gasteiger partial charge on any atom is 0.254 e. The first-order valence-corrected chi connectivity index (χ1v) is 4.67. The van der Waals surface area contributed by atoms with Gasteiger partial charge in [0.1, 0.15) is 12.4 Å². The molecule has 4 nitrogen and oxygen atoms in total. The third-order valence-corrected chi connectivity index (χ3v) is 2.35. The average Bonchev–Trinajstić information content (AvgIpc) is 2.59. The molecule has 1 N–H and O–H groups in total. The minimum Gasteiger partial charge on any atom is -0.308 e. The van der Waals surface area contributed by atoms with Gasteiger partial charge in [0, 0.05) is 11.8 Å². The summed E-state index contributed by atoms with van der Waals surface area (Å²) in [7, 11) is 0. The molecule has 1 aliphatic rings. The fraction of sp³-hybridized carbons (Fsp3) is 0.182. The SMILES string of the molecule is CC1=NCC(=O)N1c1ccccc1C=N. The second kappa shape index (κ2) is 3.65. The van der Waals surface area contributed by atoms with Gasteiger partial charge in [-0.15, -0.1) is 0 Å². The highest BCUT2D eigenvalue weighted by atomic mass is 16.2. The molecule has 0 spiro atoms. The van der Waals surface area contributed by atoms with Crippen LogP contribution in [0.15, 0.2) is 29.3 Å². The molecule has 1 aliphatic heterocycles. The van der Waals surface area contributed by atoms with Crippen molar-refractivity contribution in [1.29, 1.82) is 5.41 Å². The Morgan fingerprint density at radius 1 is 1.47 bits per heavy atom. The van der Waals surface area contributed by atoms with E-state index in [-0.39, 0.29) is 12.5 Å². The van der Waals surface area contributed by atoms with E-state index in [4.69, 9.17) is 5.41 Å². The van der Waals surface area contributed by atoms with Crippen molar-refractivity contribution in [3.63, 3.8) is 0 Å². The molecule has 0 bridgehead atoms. The summed E-state index contributed by atoms with van der Waals surface area (Å²) in [4.78, 5) is 17.2. The molecule has 0 atom stereocenters.